The number of pyridine rings is 1. The lowest BCUT2D eigenvalue weighted by atomic mass is 10.1. The van der Waals surface area contributed by atoms with Crippen LogP contribution >= 0.6 is 0 Å². The Bertz CT molecular complexity index is 1050. The van der Waals surface area contributed by atoms with E-state index in [0.29, 0.717) is 34.3 Å². The summed E-state index contributed by atoms with van der Waals surface area (Å²) in [6, 6.07) is 14.3. The van der Waals surface area contributed by atoms with Crippen molar-refractivity contribution >= 4 is 16.7 Å². The summed E-state index contributed by atoms with van der Waals surface area (Å²) < 4.78 is 12.3. The third kappa shape index (κ3) is 3.51. The monoisotopic (exact) mass is 378 g/mol. The van der Waals surface area contributed by atoms with Gasteiger partial charge in [-0.1, -0.05) is 18.2 Å². The number of benzene rings is 2. The molecule has 1 atom stereocenters. The Morgan fingerprint density at radius 3 is 2.61 bits per heavy atom. The summed E-state index contributed by atoms with van der Waals surface area (Å²) in [6.45, 7) is 1.21. The quantitative estimate of drug-likeness (QED) is 0.741. The number of carbonyl (C=O) groups excluding carboxylic acids is 1. The SMILES string of the molecule is COc1ccc(-n2cc(C(=O)NC[C@@H]3CCCO3)c3ccccc3c2=O)cc1. The number of hydrogen-bond donors (Lipinski definition) is 1. The van der Waals surface area contributed by atoms with E-state index in [2.05, 4.69) is 5.32 Å². The average molecular weight is 378 g/mol. The second-order valence-electron chi connectivity index (χ2n) is 6.81. The van der Waals surface area contributed by atoms with Crippen LogP contribution in [0.5, 0.6) is 5.75 Å². The fraction of sp³-hybridized carbons (Fsp3) is 0.273. The van der Waals surface area contributed by atoms with Crippen molar-refractivity contribution in [3.05, 3.63) is 70.6 Å². The molecule has 3 aromatic rings. The van der Waals surface area contributed by atoms with Crippen LogP contribution in [0.3, 0.4) is 0 Å². The Morgan fingerprint density at radius 2 is 1.93 bits per heavy atom. The molecule has 6 heteroatoms. The maximum Gasteiger partial charge on any atom is 0.262 e. The zero-order chi connectivity index (χ0) is 19.5. The Hall–Kier alpha value is -3.12. The number of nitrogens with one attached hydrogen (secondary N) is 1. The van der Waals surface area contributed by atoms with E-state index in [0.717, 1.165) is 19.4 Å². The summed E-state index contributed by atoms with van der Waals surface area (Å²) in [5.74, 6) is 0.487. The highest BCUT2D eigenvalue weighted by Gasteiger charge is 2.19. The molecule has 4 rings (SSSR count). The zero-order valence-electron chi connectivity index (χ0n) is 15.7. The predicted molar refractivity (Wildman–Crippen MR) is 107 cm³/mol. The largest absolute Gasteiger partial charge is 0.497 e. The molecule has 0 spiro atoms. The first kappa shape index (κ1) is 18.3. The molecule has 0 radical (unpaired) electrons. The molecule has 6 nitrogen and oxygen atoms in total. The number of hydrogen-bond acceptors (Lipinski definition) is 4. The fourth-order valence-corrected chi connectivity index (χ4v) is 3.51. The molecule has 1 N–H and O–H groups in total. The molecule has 1 saturated heterocycles. The minimum Gasteiger partial charge on any atom is -0.497 e. The number of ether oxygens (including phenoxy) is 2. The van der Waals surface area contributed by atoms with Gasteiger partial charge in [0.2, 0.25) is 0 Å². The highest BCUT2D eigenvalue weighted by molar-refractivity contribution is 6.06. The van der Waals surface area contributed by atoms with Gasteiger partial charge in [0.25, 0.3) is 11.5 Å². The first-order valence-corrected chi connectivity index (χ1v) is 9.36. The van der Waals surface area contributed by atoms with Gasteiger partial charge in [0.15, 0.2) is 0 Å². The van der Waals surface area contributed by atoms with Crippen LogP contribution in [0.4, 0.5) is 0 Å². The maximum absolute atomic E-state index is 13.0. The van der Waals surface area contributed by atoms with E-state index in [4.69, 9.17) is 9.47 Å². The Labute approximate surface area is 162 Å². The number of aromatic nitrogens is 1. The van der Waals surface area contributed by atoms with Crippen molar-refractivity contribution in [1.29, 1.82) is 0 Å². The van der Waals surface area contributed by atoms with Gasteiger partial charge in [-0.3, -0.25) is 14.2 Å². The van der Waals surface area contributed by atoms with Crippen LogP contribution in [0, 0.1) is 0 Å². The summed E-state index contributed by atoms with van der Waals surface area (Å²) in [4.78, 5) is 25.9. The molecule has 0 saturated carbocycles. The smallest absolute Gasteiger partial charge is 0.262 e. The molecule has 1 fully saturated rings. The Balaban J connectivity index is 1.75. The van der Waals surface area contributed by atoms with Crippen LogP contribution < -0.4 is 15.6 Å². The van der Waals surface area contributed by atoms with Crippen molar-refractivity contribution in [3.63, 3.8) is 0 Å². The molecule has 1 aliphatic heterocycles. The van der Waals surface area contributed by atoms with Crippen molar-refractivity contribution < 1.29 is 14.3 Å². The lowest BCUT2D eigenvalue weighted by molar-refractivity contribution is 0.0858. The van der Waals surface area contributed by atoms with E-state index in [9.17, 15) is 9.59 Å². The van der Waals surface area contributed by atoms with Crippen molar-refractivity contribution in [3.8, 4) is 11.4 Å². The number of carbonyl (C=O) groups is 1. The van der Waals surface area contributed by atoms with E-state index in [-0.39, 0.29) is 17.6 Å². The van der Waals surface area contributed by atoms with Crippen molar-refractivity contribution in [2.24, 2.45) is 0 Å². The molecule has 2 heterocycles. The number of fused-ring (bicyclic) bond motifs is 1. The lowest BCUT2D eigenvalue weighted by Crippen LogP contribution is -2.33. The minimum absolute atomic E-state index is 0.0581. The van der Waals surface area contributed by atoms with Gasteiger partial charge in [0.1, 0.15) is 5.75 Å². The van der Waals surface area contributed by atoms with E-state index in [1.54, 1.807) is 55.8 Å². The van der Waals surface area contributed by atoms with Crippen molar-refractivity contribution in [1.82, 2.24) is 9.88 Å². The molecule has 1 aromatic heterocycles. The minimum atomic E-state index is -0.214. The molecule has 0 bridgehead atoms. The van der Waals surface area contributed by atoms with Gasteiger partial charge in [0.05, 0.1) is 18.8 Å². The summed E-state index contributed by atoms with van der Waals surface area (Å²) in [5.41, 5.74) is 0.963. The first-order chi connectivity index (χ1) is 13.7. The molecular formula is C22H22N2O4. The number of methoxy groups -OCH3 is 1. The molecular weight excluding hydrogens is 356 g/mol. The molecule has 28 heavy (non-hydrogen) atoms. The molecule has 2 aromatic carbocycles. The van der Waals surface area contributed by atoms with Crippen molar-refractivity contribution in [2.75, 3.05) is 20.3 Å². The maximum atomic E-state index is 13.0. The molecule has 1 aliphatic rings. The predicted octanol–water partition coefficient (Wildman–Crippen LogP) is 2.91. The van der Waals surface area contributed by atoms with Gasteiger partial charge in [-0.25, -0.2) is 0 Å². The second kappa shape index (κ2) is 7.86. The summed E-state index contributed by atoms with van der Waals surface area (Å²) in [5, 5.41) is 4.09. The summed E-state index contributed by atoms with van der Waals surface area (Å²) in [6.07, 6.45) is 3.64. The van der Waals surface area contributed by atoms with Gasteiger partial charge in [0, 0.05) is 35.8 Å². The zero-order valence-corrected chi connectivity index (χ0v) is 15.7. The summed E-state index contributed by atoms with van der Waals surface area (Å²) in [7, 11) is 1.59. The van der Waals surface area contributed by atoms with Crippen LogP contribution in [-0.4, -0.2) is 36.8 Å². The van der Waals surface area contributed by atoms with Crippen LogP contribution in [0.2, 0.25) is 0 Å². The molecule has 1 amide bonds. The normalized spacial score (nSPS) is 16.2. The fourth-order valence-electron chi connectivity index (χ4n) is 3.51. The van der Waals surface area contributed by atoms with E-state index in [1.807, 2.05) is 6.07 Å². The van der Waals surface area contributed by atoms with Crippen molar-refractivity contribution in [2.45, 2.75) is 18.9 Å². The Kier molecular flexibility index (Phi) is 5.12. The average Bonchev–Trinajstić information content (AvgIpc) is 3.26. The highest BCUT2D eigenvalue weighted by Crippen LogP contribution is 2.20. The van der Waals surface area contributed by atoms with Gasteiger partial charge in [-0.2, -0.15) is 0 Å². The molecule has 0 unspecified atom stereocenters. The van der Waals surface area contributed by atoms with E-state index >= 15 is 0 Å². The molecule has 0 aliphatic carbocycles. The topological polar surface area (TPSA) is 69.6 Å². The number of nitrogens with zero attached hydrogens (tertiary/aromatic N) is 1. The number of rotatable bonds is 5. The lowest BCUT2D eigenvalue weighted by Gasteiger charge is -2.14. The second-order valence-corrected chi connectivity index (χ2v) is 6.81. The van der Waals surface area contributed by atoms with Gasteiger partial charge < -0.3 is 14.8 Å². The van der Waals surface area contributed by atoms with Crippen LogP contribution in [0.25, 0.3) is 16.5 Å². The van der Waals surface area contributed by atoms with Gasteiger partial charge >= 0.3 is 0 Å². The highest BCUT2D eigenvalue weighted by atomic mass is 16.5. The number of amides is 1. The van der Waals surface area contributed by atoms with E-state index in [1.165, 1.54) is 4.57 Å². The van der Waals surface area contributed by atoms with Gasteiger partial charge in [-0.15, -0.1) is 0 Å². The third-order valence-corrected chi connectivity index (χ3v) is 5.03. The Morgan fingerprint density at radius 1 is 1.18 bits per heavy atom. The standard InChI is InChI=1S/C22H22N2O4/c1-27-16-10-8-15(9-11-16)24-14-20(18-6-2-3-7-19(18)22(24)26)21(25)23-13-17-5-4-12-28-17/h2-3,6-11,14,17H,4-5,12-13H2,1H3,(H,23,25)/t17-/m0/s1. The van der Waals surface area contributed by atoms with Crippen LogP contribution in [0.15, 0.2) is 59.5 Å². The third-order valence-electron chi connectivity index (χ3n) is 5.03. The van der Waals surface area contributed by atoms with Gasteiger partial charge in [-0.05, 0) is 43.2 Å². The van der Waals surface area contributed by atoms with E-state index < -0.39 is 0 Å². The van der Waals surface area contributed by atoms with Crippen LogP contribution in [0.1, 0.15) is 23.2 Å². The summed E-state index contributed by atoms with van der Waals surface area (Å²) >= 11 is 0. The van der Waals surface area contributed by atoms with Crippen LogP contribution in [-0.2, 0) is 4.74 Å². The first-order valence-electron chi connectivity index (χ1n) is 9.36. The molecule has 144 valence electrons.